The van der Waals surface area contributed by atoms with Crippen molar-refractivity contribution in [2.24, 2.45) is 0 Å². The maximum atomic E-state index is 12.0. The Hall–Kier alpha value is -2.03. The number of carbonyl (C=O) groups excluding carboxylic acids is 1. The van der Waals surface area contributed by atoms with Gasteiger partial charge in [0.05, 0.1) is 18.3 Å². The van der Waals surface area contributed by atoms with Crippen molar-refractivity contribution in [1.29, 1.82) is 0 Å². The molecule has 2 saturated heterocycles. The van der Waals surface area contributed by atoms with Crippen LogP contribution in [0.5, 0.6) is 0 Å². The van der Waals surface area contributed by atoms with E-state index in [9.17, 15) is 18.0 Å². The molecule has 1 aromatic heterocycles. The highest BCUT2D eigenvalue weighted by Crippen LogP contribution is 2.42. The van der Waals surface area contributed by atoms with Crippen molar-refractivity contribution < 1.29 is 32.3 Å². The highest BCUT2D eigenvalue weighted by atomic mass is 19.4. The molecule has 0 unspecified atom stereocenters. The van der Waals surface area contributed by atoms with Crippen molar-refractivity contribution in [3.63, 3.8) is 0 Å². The fraction of sp³-hybridized carbons (Fsp3) is 0.667. The minimum Gasteiger partial charge on any atom is -0.475 e. The first-order chi connectivity index (χ1) is 12.6. The van der Waals surface area contributed by atoms with E-state index in [2.05, 4.69) is 11.8 Å². The molecule has 2 fully saturated rings. The first kappa shape index (κ1) is 21.3. The molecule has 1 N–H and O–H groups in total. The Morgan fingerprint density at radius 2 is 2.07 bits per heavy atom. The second-order valence-corrected chi connectivity index (χ2v) is 6.94. The molecule has 152 valence electrons. The number of halogens is 3. The van der Waals surface area contributed by atoms with E-state index in [-0.39, 0.29) is 5.54 Å². The third-order valence-electron chi connectivity index (χ3n) is 5.50. The average Bonchev–Trinajstić information content (AvgIpc) is 3.20. The number of alkyl halides is 3. The molecule has 9 heteroatoms. The van der Waals surface area contributed by atoms with Gasteiger partial charge in [0.1, 0.15) is 5.76 Å². The molecule has 1 aromatic rings. The van der Waals surface area contributed by atoms with Crippen LogP contribution in [0.15, 0.2) is 22.8 Å². The second-order valence-electron chi connectivity index (χ2n) is 6.94. The summed E-state index contributed by atoms with van der Waals surface area (Å²) in [7, 11) is 1.99. The fourth-order valence-electron chi connectivity index (χ4n) is 4.27. The van der Waals surface area contributed by atoms with Crippen molar-refractivity contribution in [1.82, 2.24) is 9.80 Å². The number of amides is 1. The van der Waals surface area contributed by atoms with E-state index in [4.69, 9.17) is 14.3 Å². The number of hydrogen-bond acceptors (Lipinski definition) is 4. The number of carboxylic acids is 1. The van der Waals surface area contributed by atoms with Crippen LogP contribution in [0.1, 0.15) is 44.8 Å². The van der Waals surface area contributed by atoms with Gasteiger partial charge in [0.25, 0.3) is 0 Å². The topological polar surface area (TPSA) is 74.0 Å². The van der Waals surface area contributed by atoms with E-state index >= 15 is 0 Å². The smallest absolute Gasteiger partial charge is 0.475 e. The van der Waals surface area contributed by atoms with Crippen molar-refractivity contribution in [3.05, 3.63) is 24.2 Å². The Kier molecular flexibility index (Phi) is 6.56. The number of aliphatic carboxylic acids is 1. The third-order valence-corrected chi connectivity index (χ3v) is 5.50. The number of nitrogens with zero attached hydrogens (tertiary/aromatic N) is 2. The summed E-state index contributed by atoms with van der Waals surface area (Å²) in [6, 6.07) is 4.43. The maximum Gasteiger partial charge on any atom is 0.490 e. The highest BCUT2D eigenvalue weighted by Gasteiger charge is 2.51. The lowest BCUT2D eigenvalue weighted by molar-refractivity contribution is -0.192. The Labute approximate surface area is 155 Å². The van der Waals surface area contributed by atoms with Crippen molar-refractivity contribution in [2.75, 3.05) is 13.6 Å². The summed E-state index contributed by atoms with van der Waals surface area (Å²) in [5.41, 5.74) is 0.0523. The molecule has 2 aliphatic heterocycles. The lowest BCUT2D eigenvalue weighted by Crippen LogP contribution is -2.61. The number of carboxylic acid groups (broad SMARTS) is 1. The first-order valence-corrected chi connectivity index (χ1v) is 8.95. The number of carbonyl (C=O) groups is 2. The van der Waals surface area contributed by atoms with Gasteiger partial charge in [-0.3, -0.25) is 9.69 Å². The second kappa shape index (κ2) is 8.33. The molecule has 0 radical (unpaired) electrons. The number of rotatable bonds is 3. The van der Waals surface area contributed by atoms with Crippen LogP contribution in [0.3, 0.4) is 0 Å². The molecule has 3 heterocycles. The molecule has 1 amide bonds. The number of likely N-dealkylation sites (N-methyl/N-ethyl adjacent to an activating group) is 1. The van der Waals surface area contributed by atoms with E-state index in [0.717, 1.165) is 44.5 Å². The van der Waals surface area contributed by atoms with E-state index in [1.165, 1.54) is 0 Å². The summed E-state index contributed by atoms with van der Waals surface area (Å²) in [6.45, 7) is 4.20. The highest BCUT2D eigenvalue weighted by molar-refractivity contribution is 5.79. The van der Waals surface area contributed by atoms with E-state index in [1.54, 1.807) is 6.26 Å². The van der Waals surface area contributed by atoms with Gasteiger partial charge in [-0.25, -0.2) is 4.79 Å². The van der Waals surface area contributed by atoms with Crippen molar-refractivity contribution in [2.45, 2.75) is 63.3 Å². The van der Waals surface area contributed by atoms with Crippen molar-refractivity contribution >= 4 is 11.9 Å². The Morgan fingerprint density at radius 1 is 1.41 bits per heavy atom. The summed E-state index contributed by atoms with van der Waals surface area (Å²) < 4.78 is 37.2. The van der Waals surface area contributed by atoms with E-state index in [1.807, 2.05) is 24.1 Å². The lowest BCUT2D eigenvalue weighted by atomic mass is 9.77. The van der Waals surface area contributed by atoms with Gasteiger partial charge in [0, 0.05) is 19.5 Å². The SMILES string of the molecule is CC[C@@H]1N(Cc2ccco2)CCC[C@]12CCC(=O)N2C.O=C(O)C(F)(F)F. The largest absolute Gasteiger partial charge is 0.490 e. The van der Waals surface area contributed by atoms with Crippen LogP contribution in [-0.2, 0) is 16.1 Å². The number of likely N-dealkylation sites (tertiary alicyclic amines) is 2. The molecular weight excluding hydrogens is 365 g/mol. The van der Waals surface area contributed by atoms with E-state index < -0.39 is 12.1 Å². The predicted molar refractivity (Wildman–Crippen MR) is 90.9 cm³/mol. The monoisotopic (exact) mass is 390 g/mol. The fourth-order valence-corrected chi connectivity index (χ4v) is 4.27. The molecule has 0 aromatic carbocycles. The minimum absolute atomic E-state index is 0.0523. The molecule has 1 spiro atoms. The van der Waals surface area contributed by atoms with Crippen LogP contribution in [0.4, 0.5) is 13.2 Å². The van der Waals surface area contributed by atoms with Gasteiger partial charge < -0.3 is 14.4 Å². The molecule has 2 atom stereocenters. The number of furan rings is 1. The standard InChI is InChI=1S/C16H24N2O2.C2HF3O2/c1-3-14-16(9-7-15(19)17(16)2)8-5-10-18(14)12-13-6-4-11-20-13;3-2(4,5)1(6)7/h4,6,11,14H,3,5,7-10,12H2,1-2H3;(H,6,7)/t14-,16-;/m0./s1. The van der Waals surface area contributed by atoms with Crippen LogP contribution >= 0.6 is 0 Å². The molecular formula is C18H25F3N2O4. The summed E-state index contributed by atoms with van der Waals surface area (Å²) in [4.78, 5) is 25.5. The van der Waals surface area contributed by atoms with Crippen LogP contribution in [0.2, 0.25) is 0 Å². The van der Waals surface area contributed by atoms with Gasteiger partial charge in [-0.1, -0.05) is 6.92 Å². The molecule has 0 aliphatic carbocycles. The molecule has 2 aliphatic rings. The van der Waals surface area contributed by atoms with E-state index in [0.29, 0.717) is 18.4 Å². The number of hydrogen-bond donors (Lipinski definition) is 1. The van der Waals surface area contributed by atoms with Gasteiger partial charge in [-0.2, -0.15) is 13.2 Å². The maximum absolute atomic E-state index is 12.0. The quantitative estimate of drug-likeness (QED) is 0.857. The Balaban J connectivity index is 0.000000321. The van der Waals surface area contributed by atoms with Gasteiger partial charge in [0.2, 0.25) is 5.91 Å². The Morgan fingerprint density at radius 3 is 2.52 bits per heavy atom. The van der Waals surface area contributed by atoms with Crippen LogP contribution < -0.4 is 0 Å². The van der Waals surface area contributed by atoms with Gasteiger partial charge in [-0.15, -0.1) is 0 Å². The molecule has 0 bridgehead atoms. The van der Waals surface area contributed by atoms with Gasteiger partial charge in [-0.05, 0) is 44.4 Å². The zero-order chi connectivity index (χ0) is 20.2. The lowest BCUT2D eigenvalue weighted by Gasteiger charge is -2.51. The zero-order valence-electron chi connectivity index (χ0n) is 15.5. The summed E-state index contributed by atoms with van der Waals surface area (Å²) >= 11 is 0. The molecule has 6 nitrogen and oxygen atoms in total. The molecule has 27 heavy (non-hydrogen) atoms. The van der Waals surface area contributed by atoms with Gasteiger partial charge in [0.15, 0.2) is 0 Å². The molecule has 3 rings (SSSR count). The average molecular weight is 390 g/mol. The molecule has 0 saturated carbocycles. The van der Waals surface area contributed by atoms with Crippen LogP contribution in [0.25, 0.3) is 0 Å². The van der Waals surface area contributed by atoms with Gasteiger partial charge >= 0.3 is 12.1 Å². The van der Waals surface area contributed by atoms with Crippen LogP contribution in [-0.4, -0.2) is 58.1 Å². The normalized spacial score (nSPS) is 26.2. The predicted octanol–water partition coefficient (Wildman–Crippen LogP) is 3.28. The van der Waals surface area contributed by atoms with Crippen LogP contribution in [0, 0.1) is 0 Å². The summed E-state index contributed by atoms with van der Waals surface area (Å²) in [5, 5.41) is 7.12. The summed E-state index contributed by atoms with van der Waals surface area (Å²) in [5.74, 6) is -1.43. The zero-order valence-corrected chi connectivity index (χ0v) is 15.5. The number of piperidine rings is 1. The minimum atomic E-state index is -5.08. The van der Waals surface area contributed by atoms with Crippen molar-refractivity contribution in [3.8, 4) is 0 Å². The summed E-state index contributed by atoms with van der Waals surface area (Å²) in [6.07, 6.45) is 1.76. The third kappa shape index (κ3) is 4.63. The Bertz CT molecular complexity index is 648. The first-order valence-electron chi connectivity index (χ1n) is 8.95.